The molecule has 1 fully saturated rings. The average molecular weight is 1940 g/mol. The van der Waals surface area contributed by atoms with Crippen molar-refractivity contribution in [2.24, 2.45) is 35.0 Å². The predicted molar refractivity (Wildman–Crippen MR) is 499 cm³/mol. The molecule has 47 nitrogen and oxygen atoms in total. The zero-order valence-corrected chi connectivity index (χ0v) is 83.7. The summed E-state index contributed by atoms with van der Waals surface area (Å²) in [5.74, 6) is -21.4. The van der Waals surface area contributed by atoms with Crippen LogP contribution in [-0.4, -0.2) is 276 Å². The van der Waals surface area contributed by atoms with Crippen LogP contribution in [0.1, 0.15) is 243 Å². The molecule has 1 aliphatic heterocycles. The van der Waals surface area contributed by atoms with Crippen molar-refractivity contribution < 1.29 is 115 Å². The minimum atomic E-state index is -1.91. The molecule has 1 heterocycles. The minimum Gasteiger partial charge on any atom is -0.394 e. The van der Waals surface area contributed by atoms with Crippen molar-refractivity contribution in [3.05, 3.63) is 35.9 Å². The van der Waals surface area contributed by atoms with Gasteiger partial charge in [0.25, 0.3) is 0 Å². The molecule has 0 aromatic heterocycles. The number of nitrogens with zero attached hydrogens (tertiary/aromatic N) is 1. The highest BCUT2D eigenvalue weighted by atomic mass is 16.3. The highest BCUT2D eigenvalue weighted by Gasteiger charge is 2.48. The summed E-state index contributed by atoms with van der Waals surface area (Å²) in [4.78, 5) is 312. The van der Waals surface area contributed by atoms with E-state index in [0.29, 0.717) is 6.42 Å². The Morgan fingerprint density at radius 2 is 0.723 bits per heavy atom. The molecular formula is C90H149N23O24. The molecule has 0 saturated carbocycles. The van der Waals surface area contributed by atoms with Gasteiger partial charge in [-0.2, -0.15) is 0 Å². The number of likely N-dealkylation sites (tertiary alicyclic amines) is 1. The standard InChI is InChI=1S/C90H149N23O24/c1-45(2)41-57(71(126)109-90(25,26)82(137)113-40-30-33-58(113)72(127)103-63(46(3)4)73(128)111-89(23,24)81(136)112-88(21,22)79(134)102-55(35-38-60(92)117)69(124)101-54(34-37-59(91)116)68(123)98-53(44-114)42-52-31-28-27-29-32-52)99-62(119)43-94-75(130)83(11,12)110-74(129)64(47(5)6)104-80(135)87(19,20)108-70(125)56(36-39-61(93)118)100-65(120)48(7)95-77(132)85(15,16)106-67(122)50(9)97-78(133)86(17,18)107-66(121)49(8)96-76(131)84(13,14)105-51(10)115/h27-29,31-32,45-50,53-58,63-64,114H,30,33-44H2,1-26H3,(H2,91,116)(H2,92,117)(H2,93,118)(H,94,130)(H,95,132)(H,96,131)(H,97,133)(H,98,123)(H,99,119)(H,100,120)(H,101,124)(H,102,134)(H,103,127)(H,104,135)(H,105,115)(H,106,122)(H,107,121)(H,108,125)(H,109,126)(H,110,129)(H,111,128)(H,112,136)/t48-,49-,50+,53+,54-,55+,56-,57-,58-,63-,64-/m1/s1. The van der Waals surface area contributed by atoms with Gasteiger partial charge in [0.1, 0.15) is 105 Å². The van der Waals surface area contributed by atoms with Crippen molar-refractivity contribution in [2.45, 2.75) is 355 Å². The fourth-order valence-electron chi connectivity index (χ4n) is 13.6. The van der Waals surface area contributed by atoms with E-state index >= 15 is 0 Å². The number of aliphatic hydroxyl groups is 1. The van der Waals surface area contributed by atoms with Gasteiger partial charge in [0, 0.05) is 32.7 Å². The Morgan fingerprint density at radius 1 is 0.372 bits per heavy atom. The molecular weight excluding hydrogens is 1790 g/mol. The van der Waals surface area contributed by atoms with E-state index < -0.39 is 297 Å². The molecule has 26 N–H and O–H groups in total. The molecule has 0 radical (unpaired) electrons. The lowest BCUT2D eigenvalue weighted by molar-refractivity contribution is -0.146. The number of carbonyl (C=O) groups excluding carboxylic acids is 23. The third-order valence-corrected chi connectivity index (χ3v) is 22.1. The molecule has 0 bridgehead atoms. The number of hydrogen-bond acceptors (Lipinski definition) is 24. The largest absolute Gasteiger partial charge is 0.394 e. The fraction of sp³-hybridized carbons (Fsp3) is 0.678. The SMILES string of the molecule is CC(=O)NC(C)(C)C(=O)N[C@H](C)C(=O)NC(C)(C)C(=O)N[C@@H](C)C(=O)NC(C)(C)C(=O)N[C@H](C)C(=O)N[C@H](CCC(N)=O)C(=O)NC(C)(C)C(=O)N[C@@H](C(=O)NC(C)(C)C(=O)NCC(=O)N[C@H](CC(C)C)C(=O)NC(C)(C)C(=O)N1CCC[C@@H]1C(=O)N[C@@H](C(=O)NC(C)(C)C(=O)NC(C)(C)C(=O)N[C@@H](CCC(N)=O)C(=O)N[C@H](CCC(N)=O)C(=O)N[C@H](CO)Cc1ccccc1)C(C)C)C(C)C. The van der Waals surface area contributed by atoms with Crippen molar-refractivity contribution in [1.29, 1.82) is 0 Å². The molecule has 137 heavy (non-hydrogen) atoms. The lowest BCUT2D eigenvalue weighted by Gasteiger charge is -2.36. The summed E-state index contributed by atoms with van der Waals surface area (Å²) in [5.41, 5.74) is 2.91. The zero-order chi connectivity index (χ0) is 106. The third-order valence-electron chi connectivity index (χ3n) is 22.1. The van der Waals surface area contributed by atoms with Gasteiger partial charge in [-0.3, -0.25) is 110 Å². The fourth-order valence-corrected chi connectivity index (χ4v) is 13.6. The molecule has 0 spiro atoms. The maximum atomic E-state index is 14.6. The average Bonchev–Trinajstić information content (AvgIpc) is 1.77. The quantitative estimate of drug-likeness (QED) is 0.0289. The molecule has 11 atom stereocenters. The van der Waals surface area contributed by atoms with E-state index in [9.17, 15) is 115 Å². The second-order valence-corrected chi connectivity index (χ2v) is 39.9. The Morgan fingerprint density at radius 3 is 1.15 bits per heavy atom. The van der Waals surface area contributed by atoms with E-state index in [4.69, 9.17) is 17.2 Å². The van der Waals surface area contributed by atoms with Gasteiger partial charge in [-0.15, -0.1) is 0 Å². The first-order valence-corrected chi connectivity index (χ1v) is 45.4. The molecule has 0 unspecified atom stereocenters. The Labute approximate surface area is 799 Å². The summed E-state index contributed by atoms with van der Waals surface area (Å²) < 4.78 is 0. The highest BCUT2D eigenvalue weighted by molar-refractivity contribution is 6.04. The Kier molecular flexibility index (Phi) is 44.9. The maximum absolute atomic E-state index is 14.6. The Balaban J connectivity index is 2.17. The summed E-state index contributed by atoms with van der Waals surface area (Å²) >= 11 is 0. The van der Waals surface area contributed by atoms with E-state index in [1.807, 2.05) is 0 Å². The topological polar surface area (TPSA) is 723 Å². The Hall–Kier alpha value is -13.0. The number of nitrogens with two attached hydrogens (primary N) is 3. The molecule has 1 aliphatic rings. The van der Waals surface area contributed by atoms with E-state index in [2.05, 4.69) is 101 Å². The Bertz CT molecular complexity index is 4600. The molecule has 47 heteroatoms. The first-order valence-electron chi connectivity index (χ1n) is 45.4. The lowest BCUT2D eigenvalue weighted by atomic mass is 9.96. The van der Waals surface area contributed by atoms with Crippen LogP contribution in [0.25, 0.3) is 0 Å². The van der Waals surface area contributed by atoms with Crippen molar-refractivity contribution in [2.75, 3.05) is 19.7 Å². The normalized spacial score (nSPS) is 15.3. The second kappa shape index (κ2) is 51.2. The number of hydrogen-bond donors (Lipinski definition) is 23. The zero-order valence-electron chi connectivity index (χ0n) is 83.7. The van der Waals surface area contributed by atoms with Crippen LogP contribution >= 0.6 is 0 Å². The molecule has 1 aromatic rings. The van der Waals surface area contributed by atoms with Gasteiger partial charge in [-0.1, -0.05) is 71.9 Å². The summed E-state index contributed by atoms with van der Waals surface area (Å²) in [5, 5.41) is 58.1. The predicted octanol–water partition coefficient (Wildman–Crippen LogP) is -5.43. The minimum absolute atomic E-state index is 0.00626. The molecule has 0 aliphatic carbocycles. The van der Waals surface area contributed by atoms with Gasteiger partial charge in [0.05, 0.1) is 19.2 Å². The first-order chi connectivity index (χ1) is 62.7. The van der Waals surface area contributed by atoms with Crippen LogP contribution in [0.2, 0.25) is 0 Å². The van der Waals surface area contributed by atoms with Gasteiger partial charge in [-0.05, 0) is 200 Å². The van der Waals surface area contributed by atoms with E-state index in [0.717, 1.165) is 5.56 Å². The molecule has 1 saturated heterocycles. The number of amides is 23. The van der Waals surface area contributed by atoms with Crippen LogP contribution < -0.4 is 118 Å². The summed E-state index contributed by atoms with van der Waals surface area (Å²) in [6.45, 7) is 34.7. The molecule has 23 amide bonds. The summed E-state index contributed by atoms with van der Waals surface area (Å²) in [6, 6.07) is -5.85. The van der Waals surface area contributed by atoms with E-state index in [1.54, 1.807) is 71.9 Å². The van der Waals surface area contributed by atoms with Crippen molar-refractivity contribution in [3.63, 3.8) is 0 Å². The molecule has 768 valence electrons. The van der Waals surface area contributed by atoms with Crippen molar-refractivity contribution in [1.82, 2.24) is 106 Å². The smallest absolute Gasteiger partial charge is 0.248 e. The van der Waals surface area contributed by atoms with Gasteiger partial charge in [0.2, 0.25) is 136 Å². The number of primary amides is 3. The van der Waals surface area contributed by atoms with E-state index in [-0.39, 0.29) is 44.6 Å². The van der Waals surface area contributed by atoms with Crippen LogP contribution in [0.5, 0.6) is 0 Å². The number of nitrogens with one attached hydrogen (secondary N) is 19. The van der Waals surface area contributed by atoms with Gasteiger partial charge in [-0.25, -0.2) is 0 Å². The summed E-state index contributed by atoms with van der Waals surface area (Å²) in [7, 11) is 0. The van der Waals surface area contributed by atoms with Crippen LogP contribution in [0, 0.1) is 17.8 Å². The maximum Gasteiger partial charge on any atom is 0.248 e. The van der Waals surface area contributed by atoms with Gasteiger partial charge in [0.15, 0.2) is 0 Å². The monoisotopic (exact) mass is 1940 g/mol. The van der Waals surface area contributed by atoms with Crippen LogP contribution in [0.3, 0.4) is 0 Å². The number of aliphatic hydroxyl groups excluding tert-OH is 1. The first kappa shape index (κ1) is 120. The highest BCUT2D eigenvalue weighted by Crippen LogP contribution is 2.25. The molecule has 1 aromatic carbocycles. The number of benzene rings is 1. The van der Waals surface area contributed by atoms with Gasteiger partial charge < -0.3 is 128 Å². The van der Waals surface area contributed by atoms with Gasteiger partial charge >= 0.3 is 0 Å². The number of carbonyl (C=O) groups is 23. The summed E-state index contributed by atoms with van der Waals surface area (Å²) in [6.07, 6.45) is -1.79. The van der Waals surface area contributed by atoms with E-state index in [1.165, 1.54) is 143 Å². The van der Waals surface area contributed by atoms with Crippen molar-refractivity contribution >= 4 is 136 Å². The number of rotatable bonds is 54. The van der Waals surface area contributed by atoms with Crippen molar-refractivity contribution in [3.8, 4) is 0 Å². The third kappa shape index (κ3) is 39.0. The van der Waals surface area contributed by atoms with Crippen LogP contribution in [0.4, 0.5) is 0 Å². The lowest BCUT2D eigenvalue weighted by Crippen LogP contribution is -2.66. The molecule has 2 rings (SSSR count). The second-order valence-electron chi connectivity index (χ2n) is 39.9. The van der Waals surface area contributed by atoms with Crippen LogP contribution in [-0.2, 0) is 117 Å². The van der Waals surface area contributed by atoms with Crippen LogP contribution in [0.15, 0.2) is 30.3 Å².